The van der Waals surface area contributed by atoms with Gasteiger partial charge in [-0.1, -0.05) is 6.07 Å². The van der Waals surface area contributed by atoms with Crippen molar-refractivity contribution in [1.29, 1.82) is 0 Å². The number of nitrogens with two attached hydrogens (primary N) is 1. The van der Waals surface area contributed by atoms with Crippen molar-refractivity contribution in [3.63, 3.8) is 0 Å². The van der Waals surface area contributed by atoms with Gasteiger partial charge in [-0.15, -0.1) is 0 Å². The van der Waals surface area contributed by atoms with Gasteiger partial charge in [0.2, 0.25) is 0 Å². The van der Waals surface area contributed by atoms with Gasteiger partial charge in [0, 0.05) is 18.4 Å². The second-order valence-corrected chi connectivity index (χ2v) is 4.85. The highest BCUT2D eigenvalue weighted by molar-refractivity contribution is 5.83. The lowest BCUT2D eigenvalue weighted by atomic mass is 10.2. The van der Waals surface area contributed by atoms with Crippen LogP contribution in [-0.4, -0.2) is 14.3 Å². The Hall–Kier alpha value is -2.23. The molecule has 0 saturated carbocycles. The number of rotatable bonds is 3. The van der Waals surface area contributed by atoms with Crippen LogP contribution >= 0.6 is 0 Å². The van der Waals surface area contributed by atoms with E-state index in [4.69, 9.17) is 5.73 Å². The zero-order chi connectivity index (χ0) is 13.4. The van der Waals surface area contributed by atoms with Gasteiger partial charge in [-0.3, -0.25) is 4.68 Å². The minimum absolute atomic E-state index is 0.799. The van der Waals surface area contributed by atoms with Crippen molar-refractivity contribution in [1.82, 2.24) is 14.3 Å². The van der Waals surface area contributed by atoms with E-state index in [1.807, 2.05) is 23.7 Å². The van der Waals surface area contributed by atoms with Crippen molar-refractivity contribution in [3.05, 3.63) is 47.9 Å². The molecular formula is C15H18N4. The Morgan fingerprint density at radius 2 is 2.05 bits per heavy atom. The molecule has 3 aromatic rings. The van der Waals surface area contributed by atoms with Crippen LogP contribution in [0.15, 0.2) is 36.5 Å². The van der Waals surface area contributed by atoms with Crippen LogP contribution in [0.25, 0.3) is 10.9 Å². The zero-order valence-corrected chi connectivity index (χ0v) is 11.3. The van der Waals surface area contributed by atoms with Crippen molar-refractivity contribution in [2.75, 3.05) is 5.73 Å². The topological polar surface area (TPSA) is 48.8 Å². The number of hydrogen-bond acceptors (Lipinski definition) is 2. The average molecular weight is 254 g/mol. The van der Waals surface area contributed by atoms with Gasteiger partial charge in [0.15, 0.2) is 0 Å². The summed E-state index contributed by atoms with van der Waals surface area (Å²) in [7, 11) is 0. The summed E-state index contributed by atoms with van der Waals surface area (Å²) in [6, 6.07) is 10.3. The van der Waals surface area contributed by atoms with Crippen LogP contribution < -0.4 is 5.73 Å². The molecule has 2 aromatic heterocycles. The largest absolute Gasteiger partial charge is 0.399 e. The van der Waals surface area contributed by atoms with Gasteiger partial charge in [-0.25, -0.2) is 0 Å². The minimum Gasteiger partial charge on any atom is -0.399 e. The molecule has 2 heterocycles. The summed E-state index contributed by atoms with van der Waals surface area (Å²) in [5.41, 5.74) is 10.1. The summed E-state index contributed by atoms with van der Waals surface area (Å²) >= 11 is 0. The molecule has 0 amide bonds. The number of fused-ring (bicyclic) bond motifs is 1. The van der Waals surface area contributed by atoms with E-state index >= 15 is 0 Å². The molecule has 1 aromatic carbocycles. The average Bonchev–Trinajstić information content (AvgIpc) is 2.94. The van der Waals surface area contributed by atoms with E-state index in [0.29, 0.717) is 0 Å². The summed E-state index contributed by atoms with van der Waals surface area (Å²) < 4.78 is 4.27. The highest BCUT2D eigenvalue weighted by Crippen LogP contribution is 2.20. The molecule has 0 aliphatic carbocycles. The number of benzene rings is 1. The second-order valence-electron chi connectivity index (χ2n) is 4.85. The van der Waals surface area contributed by atoms with E-state index in [0.717, 1.165) is 24.5 Å². The third-order valence-corrected chi connectivity index (χ3v) is 3.42. The van der Waals surface area contributed by atoms with Gasteiger partial charge < -0.3 is 10.3 Å². The molecule has 0 atom stereocenters. The monoisotopic (exact) mass is 254 g/mol. The van der Waals surface area contributed by atoms with E-state index in [1.165, 1.54) is 16.6 Å². The number of aromatic nitrogens is 3. The van der Waals surface area contributed by atoms with Crippen molar-refractivity contribution in [2.24, 2.45) is 0 Å². The highest BCUT2D eigenvalue weighted by atomic mass is 15.3. The van der Waals surface area contributed by atoms with Crippen molar-refractivity contribution < 1.29 is 0 Å². The molecule has 0 saturated heterocycles. The first kappa shape index (κ1) is 11.8. The molecule has 0 bridgehead atoms. The third kappa shape index (κ3) is 2.10. The molecule has 0 unspecified atom stereocenters. The standard InChI is InChI=1S/C15H18N4/c1-3-19-14(8-11(2)17-19)10-18-7-6-12-4-5-13(16)9-15(12)18/h4-9H,3,10,16H2,1-2H3. The molecule has 3 rings (SSSR count). The number of hydrogen-bond donors (Lipinski definition) is 1. The highest BCUT2D eigenvalue weighted by Gasteiger charge is 2.07. The normalized spacial score (nSPS) is 11.3. The first-order chi connectivity index (χ1) is 9.17. The summed E-state index contributed by atoms with van der Waals surface area (Å²) in [5.74, 6) is 0. The lowest BCUT2D eigenvalue weighted by Crippen LogP contribution is -2.07. The molecule has 0 radical (unpaired) electrons. The van der Waals surface area contributed by atoms with Gasteiger partial charge in [0.1, 0.15) is 0 Å². The number of anilines is 1. The van der Waals surface area contributed by atoms with Crippen LogP contribution in [0, 0.1) is 6.92 Å². The quantitative estimate of drug-likeness (QED) is 0.731. The molecule has 0 spiro atoms. The van der Waals surface area contributed by atoms with Crippen LogP contribution in [0.3, 0.4) is 0 Å². The number of aryl methyl sites for hydroxylation is 2. The van der Waals surface area contributed by atoms with Crippen molar-refractivity contribution in [2.45, 2.75) is 26.9 Å². The van der Waals surface area contributed by atoms with E-state index in [-0.39, 0.29) is 0 Å². The summed E-state index contributed by atoms with van der Waals surface area (Å²) in [6.45, 7) is 5.86. The molecule has 4 heteroatoms. The molecule has 19 heavy (non-hydrogen) atoms. The molecule has 0 aliphatic rings. The summed E-state index contributed by atoms with van der Waals surface area (Å²) in [4.78, 5) is 0. The molecule has 0 aliphatic heterocycles. The maximum Gasteiger partial charge on any atom is 0.0645 e. The predicted octanol–water partition coefficient (Wildman–Crippen LogP) is 2.80. The SMILES string of the molecule is CCn1nc(C)cc1Cn1ccc2ccc(N)cc21. The van der Waals surface area contributed by atoms with Gasteiger partial charge in [-0.2, -0.15) is 5.10 Å². The van der Waals surface area contributed by atoms with Crippen molar-refractivity contribution in [3.8, 4) is 0 Å². The Morgan fingerprint density at radius 1 is 1.21 bits per heavy atom. The number of nitrogen functional groups attached to an aromatic ring is 1. The minimum atomic E-state index is 0.799. The number of nitrogens with zero attached hydrogens (tertiary/aromatic N) is 3. The fraction of sp³-hybridized carbons (Fsp3) is 0.267. The first-order valence-corrected chi connectivity index (χ1v) is 6.55. The van der Waals surface area contributed by atoms with Crippen molar-refractivity contribution >= 4 is 16.6 Å². The smallest absolute Gasteiger partial charge is 0.0645 e. The van der Waals surface area contributed by atoms with Gasteiger partial charge in [-0.05, 0) is 43.5 Å². The maximum absolute atomic E-state index is 5.87. The third-order valence-electron chi connectivity index (χ3n) is 3.42. The predicted molar refractivity (Wildman–Crippen MR) is 78.1 cm³/mol. The van der Waals surface area contributed by atoms with Crippen LogP contribution in [0.1, 0.15) is 18.3 Å². The Balaban J connectivity index is 2.03. The molecule has 4 nitrogen and oxygen atoms in total. The summed E-state index contributed by atoms with van der Waals surface area (Å²) in [6.07, 6.45) is 2.10. The Labute approximate surface area is 112 Å². The fourth-order valence-corrected chi connectivity index (χ4v) is 2.51. The van der Waals surface area contributed by atoms with Crippen LogP contribution in [0.5, 0.6) is 0 Å². The second kappa shape index (κ2) is 4.46. The van der Waals surface area contributed by atoms with E-state index < -0.39 is 0 Å². The van der Waals surface area contributed by atoms with E-state index in [9.17, 15) is 0 Å². The fourth-order valence-electron chi connectivity index (χ4n) is 2.51. The molecular weight excluding hydrogens is 236 g/mol. The summed E-state index contributed by atoms with van der Waals surface area (Å²) in [5, 5.41) is 5.70. The van der Waals surface area contributed by atoms with Gasteiger partial charge in [0.25, 0.3) is 0 Å². The van der Waals surface area contributed by atoms with Gasteiger partial charge in [0.05, 0.1) is 23.4 Å². The molecule has 0 fully saturated rings. The molecule has 98 valence electrons. The van der Waals surface area contributed by atoms with E-state index in [1.54, 1.807) is 0 Å². The molecule has 2 N–H and O–H groups in total. The van der Waals surface area contributed by atoms with Crippen LogP contribution in [0.2, 0.25) is 0 Å². The maximum atomic E-state index is 5.87. The Bertz CT molecular complexity index is 721. The lowest BCUT2D eigenvalue weighted by Gasteiger charge is -2.08. The first-order valence-electron chi connectivity index (χ1n) is 6.55. The van der Waals surface area contributed by atoms with Crippen LogP contribution in [0.4, 0.5) is 5.69 Å². The zero-order valence-electron chi connectivity index (χ0n) is 11.3. The van der Waals surface area contributed by atoms with E-state index in [2.05, 4.69) is 41.0 Å². The Kier molecular flexibility index (Phi) is 2.78. The van der Waals surface area contributed by atoms with Crippen LogP contribution in [-0.2, 0) is 13.1 Å². The lowest BCUT2D eigenvalue weighted by molar-refractivity contribution is 0.602. The Morgan fingerprint density at radius 3 is 2.84 bits per heavy atom. The van der Waals surface area contributed by atoms with Gasteiger partial charge >= 0.3 is 0 Å².